The molecular formula is C14H16Cl2N2O3S. The summed E-state index contributed by atoms with van der Waals surface area (Å²) >= 11 is 11.8. The van der Waals surface area contributed by atoms with Gasteiger partial charge >= 0.3 is 0 Å². The molecule has 0 aliphatic carbocycles. The van der Waals surface area contributed by atoms with Gasteiger partial charge in [-0.2, -0.15) is 4.31 Å². The lowest BCUT2D eigenvalue weighted by Gasteiger charge is -2.37. The molecule has 1 amide bonds. The standard InChI is InChI=1S/C14H16Cl2N2O3S/c15-10-6-11(16)8-12(7-10)22(20,21)18-5-1-2-14(9-18)3-4-17-13(14)19/h6-8H,1-5,9H2,(H,17,19). The molecule has 3 rings (SSSR count). The number of benzene rings is 1. The maximum absolute atomic E-state index is 12.8. The van der Waals surface area contributed by atoms with Crippen LogP contribution in [-0.2, 0) is 14.8 Å². The molecule has 22 heavy (non-hydrogen) atoms. The van der Waals surface area contributed by atoms with Crippen LogP contribution in [0.5, 0.6) is 0 Å². The predicted molar refractivity (Wildman–Crippen MR) is 84.5 cm³/mol. The van der Waals surface area contributed by atoms with E-state index in [9.17, 15) is 13.2 Å². The lowest BCUT2D eigenvalue weighted by molar-refractivity contribution is -0.129. The zero-order chi connectivity index (χ0) is 16.0. The first kappa shape index (κ1) is 16.1. The lowest BCUT2D eigenvalue weighted by Crippen LogP contribution is -2.49. The number of hydrogen-bond acceptors (Lipinski definition) is 3. The molecule has 2 fully saturated rings. The number of amides is 1. The summed E-state index contributed by atoms with van der Waals surface area (Å²) in [4.78, 5) is 12.2. The molecule has 1 N–H and O–H groups in total. The Balaban J connectivity index is 1.93. The van der Waals surface area contributed by atoms with Gasteiger partial charge < -0.3 is 5.32 Å². The maximum Gasteiger partial charge on any atom is 0.243 e. The van der Waals surface area contributed by atoms with Crippen LogP contribution in [0.4, 0.5) is 0 Å². The Kier molecular flexibility index (Phi) is 4.14. The van der Waals surface area contributed by atoms with Gasteiger partial charge in [-0.05, 0) is 37.5 Å². The first-order chi connectivity index (χ1) is 10.3. The zero-order valence-electron chi connectivity index (χ0n) is 11.8. The van der Waals surface area contributed by atoms with Gasteiger partial charge in [0.05, 0.1) is 10.3 Å². The molecule has 2 aliphatic heterocycles. The first-order valence-electron chi connectivity index (χ1n) is 7.08. The molecule has 0 bridgehead atoms. The molecule has 8 heteroatoms. The van der Waals surface area contributed by atoms with Gasteiger partial charge in [0.1, 0.15) is 0 Å². The summed E-state index contributed by atoms with van der Waals surface area (Å²) in [5.41, 5.74) is -0.590. The average molecular weight is 363 g/mol. The highest BCUT2D eigenvalue weighted by molar-refractivity contribution is 7.89. The molecular weight excluding hydrogens is 347 g/mol. The van der Waals surface area contributed by atoms with Crippen molar-refractivity contribution in [2.24, 2.45) is 5.41 Å². The number of piperidine rings is 1. The minimum Gasteiger partial charge on any atom is -0.356 e. The summed E-state index contributed by atoms with van der Waals surface area (Å²) in [6.07, 6.45) is 2.07. The largest absolute Gasteiger partial charge is 0.356 e. The van der Waals surface area contributed by atoms with E-state index in [1.54, 1.807) is 0 Å². The summed E-state index contributed by atoms with van der Waals surface area (Å²) in [6.45, 7) is 1.22. The second-order valence-corrected chi connectivity index (χ2v) is 8.64. The van der Waals surface area contributed by atoms with Gasteiger partial charge in [0.15, 0.2) is 0 Å². The van der Waals surface area contributed by atoms with Crippen molar-refractivity contribution in [1.82, 2.24) is 9.62 Å². The van der Waals surface area contributed by atoms with E-state index >= 15 is 0 Å². The van der Waals surface area contributed by atoms with E-state index in [2.05, 4.69) is 5.32 Å². The van der Waals surface area contributed by atoms with E-state index in [-0.39, 0.29) is 27.4 Å². The molecule has 120 valence electrons. The molecule has 1 spiro atoms. The molecule has 2 aliphatic rings. The first-order valence-corrected chi connectivity index (χ1v) is 9.28. The minimum absolute atomic E-state index is 0.0449. The second kappa shape index (κ2) is 5.67. The highest BCUT2D eigenvalue weighted by Gasteiger charge is 2.47. The third-order valence-corrected chi connectivity index (χ3v) is 6.65. The van der Waals surface area contributed by atoms with Crippen LogP contribution in [0, 0.1) is 5.41 Å². The molecule has 0 saturated carbocycles. The third-order valence-electron chi connectivity index (χ3n) is 4.39. The van der Waals surface area contributed by atoms with Crippen LogP contribution >= 0.6 is 23.2 Å². The van der Waals surface area contributed by atoms with Crippen LogP contribution in [-0.4, -0.2) is 38.3 Å². The number of nitrogens with zero attached hydrogens (tertiary/aromatic N) is 1. The Hall–Kier alpha value is -0.820. The Morgan fingerprint density at radius 3 is 2.41 bits per heavy atom. The van der Waals surface area contributed by atoms with E-state index in [0.717, 1.165) is 6.42 Å². The summed E-state index contributed by atoms with van der Waals surface area (Å²) < 4.78 is 27.0. The van der Waals surface area contributed by atoms with Crippen LogP contribution in [0.3, 0.4) is 0 Å². The molecule has 1 unspecified atom stereocenters. The highest BCUT2D eigenvalue weighted by Crippen LogP contribution is 2.38. The lowest BCUT2D eigenvalue weighted by atomic mass is 9.79. The number of carbonyl (C=O) groups excluding carboxylic acids is 1. The zero-order valence-corrected chi connectivity index (χ0v) is 14.1. The third kappa shape index (κ3) is 2.73. The smallest absolute Gasteiger partial charge is 0.243 e. The van der Waals surface area contributed by atoms with Crippen molar-refractivity contribution in [2.45, 2.75) is 24.2 Å². The van der Waals surface area contributed by atoms with Crippen molar-refractivity contribution < 1.29 is 13.2 Å². The molecule has 2 heterocycles. The van der Waals surface area contributed by atoms with Gasteiger partial charge in [0.2, 0.25) is 15.9 Å². The number of rotatable bonds is 2. The van der Waals surface area contributed by atoms with Crippen LogP contribution < -0.4 is 5.32 Å². The summed E-state index contributed by atoms with van der Waals surface area (Å²) in [5, 5.41) is 3.36. The number of nitrogens with one attached hydrogen (secondary N) is 1. The number of hydrogen-bond donors (Lipinski definition) is 1. The van der Waals surface area contributed by atoms with Gasteiger partial charge in [0, 0.05) is 29.7 Å². The minimum atomic E-state index is -3.71. The molecule has 2 saturated heterocycles. The van der Waals surface area contributed by atoms with Crippen molar-refractivity contribution >= 4 is 39.1 Å². The van der Waals surface area contributed by atoms with E-state index in [1.807, 2.05) is 0 Å². The van der Waals surface area contributed by atoms with Crippen LogP contribution in [0.25, 0.3) is 0 Å². The van der Waals surface area contributed by atoms with Crippen molar-refractivity contribution in [3.05, 3.63) is 28.2 Å². The summed E-state index contributed by atoms with van der Waals surface area (Å²) in [6, 6.07) is 4.27. The molecule has 5 nitrogen and oxygen atoms in total. The van der Waals surface area contributed by atoms with Gasteiger partial charge in [-0.3, -0.25) is 4.79 Å². The quantitative estimate of drug-likeness (QED) is 0.877. The van der Waals surface area contributed by atoms with E-state index in [1.165, 1.54) is 22.5 Å². The maximum atomic E-state index is 12.8. The molecule has 0 radical (unpaired) electrons. The number of halogens is 2. The number of sulfonamides is 1. The van der Waals surface area contributed by atoms with Crippen molar-refractivity contribution in [2.75, 3.05) is 19.6 Å². The van der Waals surface area contributed by atoms with Gasteiger partial charge in [0.25, 0.3) is 0 Å². The molecule has 1 aromatic rings. The monoisotopic (exact) mass is 362 g/mol. The SMILES string of the molecule is O=C1NCCC12CCCN(S(=O)(=O)c1cc(Cl)cc(Cl)c1)C2. The number of carbonyl (C=O) groups is 1. The normalized spacial score (nSPS) is 26.4. The molecule has 1 atom stereocenters. The fraction of sp³-hybridized carbons (Fsp3) is 0.500. The predicted octanol–water partition coefficient (Wildman–Crippen LogP) is 2.28. The second-order valence-electron chi connectivity index (χ2n) is 5.83. The molecule has 1 aromatic carbocycles. The Morgan fingerprint density at radius 1 is 1.14 bits per heavy atom. The summed E-state index contributed by atoms with van der Waals surface area (Å²) in [5.74, 6) is -0.0449. The van der Waals surface area contributed by atoms with Crippen LogP contribution in [0.2, 0.25) is 10.0 Å². The Morgan fingerprint density at radius 2 is 1.82 bits per heavy atom. The van der Waals surface area contributed by atoms with Crippen LogP contribution in [0.1, 0.15) is 19.3 Å². The van der Waals surface area contributed by atoms with Crippen molar-refractivity contribution in [3.8, 4) is 0 Å². The van der Waals surface area contributed by atoms with Crippen molar-refractivity contribution in [3.63, 3.8) is 0 Å². The van der Waals surface area contributed by atoms with E-state index in [4.69, 9.17) is 23.2 Å². The highest BCUT2D eigenvalue weighted by atomic mass is 35.5. The van der Waals surface area contributed by atoms with E-state index in [0.29, 0.717) is 25.9 Å². The van der Waals surface area contributed by atoms with Crippen LogP contribution in [0.15, 0.2) is 23.1 Å². The van der Waals surface area contributed by atoms with Gasteiger partial charge in [-0.25, -0.2) is 8.42 Å². The van der Waals surface area contributed by atoms with Gasteiger partial charge in [-0.1, -0.05) is 23.2 Å². The summed E-state index contributed by atoms with van der Waals surface area (Å²) in [7, 11) is -3.71. The fourth-order valence-corrected chi connectivity index (χ4v) is 5.52. The Labute approximate surface area is 139 Å². The average Bonchev–Trinajstić information content (AvgIpc) is 2.78. The van der Waals surface area contributed by atoms with Gasteiger partial charge in [-0.15, -0.1) is 0 Å². The topological polar surface area (TPSA) is 66.5 Å². The Bertz CT molecular complexity index is 703. The van der Waals surface area contributed by atoms with E-state index < -0.39 is 15.4 Å². The fourth-order valence-electron chi connectivity index (χ4n) is 3.23. The molecule has 0 aromatic heterocycles. The van der Waals surface area contributed by atoms with Crippen molar-refractivity contribution in [1.29, 1.82) is 0 Å².